The van der Waals surface area contributed by atoms with Gasteiger partial charge in [-0.2, -0.15) is 4.98 Å². The van der Waals surface area contributed by atoms with E-state index in [2.05, 4.69) is 15.4 Å². The summed E-state index contributed by atoms with van der Waals surface area (Å²) in [7, 11) is 0. The number of nitrogens with two attached hydrogens (primary N) is 1. The van der Waals surface area contributed by atoms with Gasteiger partial charge in [0.15, 0.2) is 5.75 Å². The van der Waals surface area contributed by atoms with E-state index in [1.54, 1.807) is 18.3 Å². The zero-order valence-electron chi connectivity index (χ0n) is 8.84. The topological polar surface area (TPSA) is 73.1 Å². The molecule has 2 rings (SSSR count). The van der Waals surface area contributed by atoms with Crippen LogP contribution in [0.15, 0.2) is 36.5 Å². The number of nitrogens with zero attached hydrogens (tertiary/aromatic N) is 2. The number of ether oxygens (including phenoxy) is 1. The van der Waals surface area contributed by atoms with Crippen LogP contribution >= 0.6 is 0 Å². The lowest BCUT2D eigenvalue weighted by molar-refractivity contribution is 0.457. The fourth-order valence-electron chi connectivity index (χ4n) is 1.24. The molecule has 2 aromatic heterocycles. The van der Waals surface area contributed by atoms with Crippen LogP contribution in [-0.4, -0.2) is 9.97 Å². The van der Waals surface area contributed by atoms with E-state index < -0.39 is 0 Å². The Labute approximate surface area is 93.3 Å². The van der Waals surface area contributed by atoms with Gasteiger partial charge in [0.05, 0.1) is 5.69 Å². The number of rotatable bonds is 3. The van der Waals surface area contributed by atoms with Gasteiger partial charge in [-0.15, -0.1) is 0 Å². The van der Waals surface area contributed by atoms with Gasteiger partial charge in [-0.3, -0.25) is 4.98 Å². The van der Waals surface area contributed by atoms with E-state index in [9.17, 15) is 0 Å². The number of aryl methyl sites for hydroxylation is 1. The second-order valence-corrected chi connectivity index (χ2v) is 3.19. The van der Waals surface area contributed by atoms with E-state index in [0.29, 0.717) is 17.4 Å². The van der Waals surface area contributed by atoms with Gasteiger partial charge < -0.3 is 10.2 Å². The predicted molar refractivity (Wildman–Crippen MR) is 61.1 cm³/mol. The lowest BCUT2D eigenvalue weighted by Crippen LogP contribution is -2.08. The third kappa shape index (κ3) is 2.26. The summed E-state index contributed by atoms with van der Waals surface area (Å²) in [6.45, 7) is 1.88. The number of pyridine rings is 2. The molecular weight excluding hydrogens is 204 g/mol. The molecule has 0 aromatic carbocycles. The highest BCUT2D eigenvalue weighted by molar-refractivity contribution is 5.37. The van der Waals surface area contributed by atoms with Crippen molar-refractivity contribution in [2.75, 3.05) is 5.43 Å². The Kier molecular flexibility index (Phi) is 2.98. The number of anilines is 1. The molecule has 0 amide bonds. The van der Waals surface area contributed by atoms with E-state index in [4.69, 9.17) is 10.6 Å². The van der Waals surface area contributed by atoms with E-state index in [1.807, 2.05) is 25.1 Å². The molecular formula is C11H12N4O. The molecule has 0 unspecified atom stereocenters. The largest absolute Gasteiger partial charge is 0.437 e. The predicted octanol–water partition coefficient (Wildman–Crippen LogP) is 1.86. The van der Waals surface area contributed by atoms with Crippen molar-refractivity contribution in [2.45, 2.75) is 6.92 Å². The van der Waals surface area contributed by atoms with E-state index >= 15 is 0 Å². The number of nitrogens with one attached hydrogen (secondary N) is 1. The SMILES string of the molecule is Cc1ncccc1Oc1cccc(NN)n1. The van der Waals surface area contributed by atoms with Crippen LogP contribution in [0.1, 0.15) is 5.69 Å². The molecule has 3 N–H and O–H groups in total. The molecule has 0 bridgehead atoms. The first-order valence-corrected chi connectivity index (χ1v) is 4.83. The summed E-state index contributed by atoms with van der Waals surface area (Å²) < 4.78 is 5.58. The maximum absolute atomic E-state index is 5.58. The van der Waals surface area contributed by atoms with Gasteiger partial charge >= 0.3 is 0 Å². The van der Waals surface area contributed by atoms with Crippen LogP contribution in [0.5, 0.6) is 11.6 Å². The monoisotopic (exact) mass is 216 g/mol. The quantitative estimate of drug-likeness (QED) is 0.605. The highest BCUT2D eigenvalue weighted by Crippen LogP contribution is 2.22. The Morgan fingerprint density at radius 3 is 2.88 bits per heavy atom. The molecule has 0 aliphatic heterocycles. The van der Waals surface area contributed by atoms with Crippen LogP contribution in [0, 0.1) is 6.92 Å². The summed E-state index contributed by atoms with van der Waals surface area (Å²) in [5.74, 6) is 6.98. The molecule has 0 atom stereocenters. The minimum absolute atomic E-state index is 0.478. The van der Waals surface area contributed by atoms with Crippen molar-refractivity contribution in [1.82, 2.24) is 9.97 Å². The van der Waals surface area contributed by atoms with Crippen molar-refractivity contribution in [3.63, 3.8) is 0 Å². The Morgan fingerprint density at radius 2 is 2.12 bits per heavy atom. The van der Waals surface area contributed by atoms with Crippen molar-refractivity contribution >= 4 is 5.82 Å². The molecule has 5 heteroatoms. The third-order valence-electron chi connectivity index (χ3n) is 2.04. The number of nitrogen functional groups attached to an aromatic ring is 1. The number of hydrazine groups is 1. The van der Waals surface area contributed by atoms with Crippen molar-refractivity contribution < 1.29 is 4.74 Å². The van der Waals surface area contributed by atoms with Crippen LogP contribution in [0.2, 0.25) is 0 Å². The number of aromatic nitrogens is 2. The van der Waals surface area contributed by atoms with Crippen LogP contribution < -0.4 is 16.0 Å². The second kappa shape index (κ2) is 4.59. The average molecular weight is 216 g/mol. The van der Waals surface area contributed by atoms with Crippen LogP contribution in [0.25, 0.3) is 0 Å². The Bertz CT molecular complexity index is 487. The van der Waals surface area contributed by atoms with E-state index in [-0.39, 0.29) is 0 Å². The number of hydrogen-bond donors (Lipinski definition) is 2. The number of hydrogen-bond acceptors (Lipinski definition) is 5. The molecule has 0 spiro atoms. The van der Waals surface area contributed by atoms with Gasteiger partial charge in [-0.1, -0.05) is 6.07 Å². The lowest BCUT2D eigenvalue weighted by atomic mass is 10.3. The Balaban J connectivity index is 2.24. The third-order valence-corrected chi connectivity index (χ3v) is 2.04. The van der Waals surface area contributed by atoms with Gasteiger partial charge in [-0.05, 0) is 25.1 Å². The maximum atomic E-state index is 5.58. The normalized spacial score (nSPS) is 9.88. The molecule has 82 valence electrons. The summed E-state index contributed by atoms with van der Waals surface area (Å²) >= 11 is 0. The molecule has 0 fully saturated rings. The second-order valence-electron chi connectivity index (χ2n) is 3.19. The van der Waals surface area contributed by atoms with E-state index in [0.717, 1.165) is 5.69 Å². The van der Waals surface area contributed by atoms with E-state index in [1.165, 1.54) is 0 Å². The van der Waals surface area contributed by atoms with Crippen LogP contribution in [-0.2, 0) is 0 Å². The zero-order valence-corrected chi connectivity index (χ0v) is 8.84. The van der Waals surface area contributed by atoms with Crippen molar-refractivity contribution in [3.05, 3.63) is 42.2 Å². The summed E-state index contributed by atoms with van der Waals surface area (Å²) in [5.41, 5.74) is 3.28. The smallest absolute Gasteiger partial charge is 0.221 e. The Hall–Kier alpha value is -2.14. The van der Waals surface area contributed by atoms with Gasteiger partial charge in [0.25, 0.3) is 0 Å². The fraction of sp³-hybridized carbons (Fsp3) is 0.0909. The van der Waals surface area contributed by atoms with Crippen molar-refractivity contribution in [3.8, 4) is 11.6 Å². The average Bonchev–Trinajstić information content (AvgIpc) is 2.32. The molecule has 0 saturated heterocycles. The minimum Gasteiger partial charge on any atom is -0.437 e. The standard InChI is InChI=1S/C11H12N4O/c1-8-9(4-3-7-13-8)16-11-6-2-5-10(14-11)15-12/h2-7H,12H2,1H3,(H,14,15). The summed E-state index contributed by atoms with van der Waals surface area (Å²) in [6.07, 6.45) is 1.72. The van der Waals surface area contributed by atoms with Crippen molar-refractivity contribution in [1.29, 1.82) is 0 Å². The van der Waals surface area contributed by atoms with Gasteiger partial charge in [0.2, 0.25) is 5.88 Å². The first-order chi connectivity index (χ1) is 7.79. The molecule has 5 nitrogen and oxygen atoms in total. The summed E-state index contributed by atoms with van der Waals surface area (Å²) in [5, 5.41) is 0. The van der Waals surface area contributed by atoms with Gasteiger partial charge in [0.1, 0.15) is 5.82 Å². The Morgan fingerprint density at radius 1 is 1.25 bits per heavy atom. The molecule has 16 heavy (non-hydrogen) atoms. The highest BCUT2D eigenvalue weighted by atomic mass is 16.5. The highest BCUT2D eigenvalue weighted by Gasteiger charge is 2.02. The van der Waals surface area contributed by atoms with Gasteiger partial charge in [0, 0.05) is 12.3 Å². The molecule has 0 saturated carbocycles. The van der Waals surface area contributed by atoms with Crippen LogP contribution in [0.3, 0.4) is 0 Å². The van der Waals surface area contributed by atoms with Gasteiger partial charge in [-0.25, -0.2) is 5.84 Å². The van der Waals surface area contributed by atoms with Crippen LogP contribution in [0.4, 0.5) is 5.82 Å². The molecule has 2 heterocycles. The van der Waals surface area contributed by atoms with Crippen molar-refractivity contribution in [2.24, 2.45) is 5.84 Å². The first kappa shape index (κ1) is 10.4. The lowest BCUT2D eigenvalue weighted by Gasteiger charge is -2.07. The molecule has 2 aromatic rings. The first-order valence-electron chi connectivity index (χ1n) is 4.83. The molecule has 0 radical (unpaired) electrons. The minimum atomic E-state index is 0.478. The maximum Gasteiger partial charge on any atom is 0.221 e. The molecule has 0 aliphatic carbocycles. The molecule has 0 aliphatic rings. The summed E-state index contributed by atoms with van der Waals surface area (Å²) in [4.78, 5) is 8.27. The zero-order chi connectivity index (χ0) is 11.4. The summed E-state index contributed by atoms with van der Waals surface area (Å²) in [6, 6.07) is 8.97. The fourth-order valence-corrected chi connectivity index (χ4v) is 1.24.